The van der Waals surface area contributed by atoms with Crippen molar-refractivity contribution in [2.45, 2.75) is 20.3 Å². The second-order valence-electron chi connectivity index (χ2n) is 4.04. The molecule has 70 valence electrons. The molecule has 0 amide bonds. The van der Waals surface area contributed by atoms with Crippen LogP contribution in [0.3, 0.4) is 0 Å². The van der Waals surface area contributed by atoms with E-state index in [2.05, 4.69) is 24.1 Å². The normalized spacial score (nSPS) is 25.7. The van der Waals surface area contributed by atoms with Gasteiger partial charge >= 0.3 is 0 Å². The Bertz CT molecular complexity index is 296. The predicted octanol–water partition coefficient (Wildman–Crippen LogP) is 2.46. The van der Waals surface area contributed by atoms with Crippen LogP contribution in [0.25, 0.3) is 0 Å². The molecule has 1 aliphatic rings. The average Bonchev–Trinajstić information content (AvgIpc) is 2.81. The maximum Gasteiger partial charge on any atom is 0.0556 e. The predicted molar refractivity (Wildman–Crippen MR) is 54.7 cm³/mol. The van der Waals surface area contributed by atoms with Gasteiger partial charge < -0.3 is 5.32 Å². The van der Waals surface area contributed by atoms with E-state index in [1.54, 1.807) is 0 Å². The lowest BCUT2D eigenvalue weighted by atomic mass is 10.2. The number of nitrogens with zero attached hydrogens (tertiary/aromatic N) is 1. The summed E-state index contributed by atoms with van der Waals surface area (Å²) in [6.07, 6.45) is 5.12. The van der Waals surface area contributed by atoms with E-state index in [1.165, 1.54) is 17.7 Å². The summed E-state index contributed by atoms with van der Waals surface area (Å²) in [6, 6.07) is 2.04. The number of anilines is 1. The minimum atomic E-state index is 0.889. The minimum absolute atomic E-state index is 0.889. The molecule has 0 radical (unpaired) electrons. The lowest BCUT2D eigenvalue weighted by Gasteiger charge is -2.07. The van der Waals surface area contributed by atoms with Crippen LogP contribution in [0.2, 0.25) is 0 Å². The number of hydrogen-bond acceptors (Lipinski definition) is 2. The Morgan fingerprint density at radius 3 is 3.00 bits per heavy atom. The summed E-state index contributed by atoms with van der Waals surface area (Å²) in [6.45, 7) is 5.52. The molecule has 1 aromatic heterocycles. The third-order valence-corrected chi connectivity index (χ3v) is 2.87. The van der Waals surface area contributed by atoms with Crippen LogP contribution in [-0.4, -0.2) is 11.5 Å². The van der Waals surface area contributed by atoms with Gasteiger partial charge in [-0.1, -0.05) is 6.92 Å². The molecule has 2 unspecified atom stereocenters. The molecule has 2 rings (SSSR count). The van der Waals surface area contributed by atoms with Crippen LogP contribution >= 0.6 is 0 Å². The van der Waals surface area contributed by atoms with Gasteiger partial charge in [0.15, 0.2) is 0 Å². The second kappa shape index (κ2) is 3.36. The molecule has 1 heterocycles. The molecule has 0 saturated heterocycles. The third-order valence-electron chi connectivity index (χ3n) is 2.87. The van der Waals surface area contributed by atoms with Crippen LogP contribution in [0.5, 0.6) is 0 Å². The SMILES string of the molecule is Cc1ccncc1NCC1CC1C. The summed E-state index contributed by atoms with van der Waals surface area (Å²) in [5.74, 6) is 1.81. The first-order valence-electron chi connectivity index (χ1n) is 4.92. The molecule has 1 saturated carbocycles. The maximum absolute atomic E-state index is 4.10. The number of pyridine rings is 1. The van der Waals surface area contributed by atoms with Crippen LogP contribution in [-0.2, 0) is 0 Å². The van der Waals surface area contributed by atoms with Gasteiger partial charge in [-0.3, -0.25) is 4.98 Å². The zero-order chi connectivity index (χ0) is 9.26. The fourth-order valence-corrected chi connectivity index (χ4v) is 1.57. The quantitative estimate of drug-likeness (QED) is 0.765. The van der Waals surface area contributed by atoms with E-state index in [4.69, 9.17) is 0 Å². The highest BCUT2D eigenvalue weighted by Crippen LogP contribution is 2.37. The minimum Gasteiger partial charge on any atom is -0.383 e. The summed E-state index contributed by atoms with van der Waals surface area (Å²) >= 11 is 0. The zero-order valence-electron chi connectivity index (χ0n) is 8.25. The van der Waals surface area contributed by atoms with Gasteiger partial charge in [0.1, 0.15) is 0 Å². The second-order valence-corrected chi connectivity index (χ2v) is 4.04. The third kappa shape index (κ3) is 2.00. The molecule has 1 aromatic rings. The smallest absolute Gasteiger partial charge is 0.0556 e. The molecule has 1 aliphatic carbocycles. The summed E-state index contributed by atoms with van der Waals surface area (Å²) < 4.78 is 0. The van der Waals surface area contributed by atoms with Gasteiger partial charge in [0.05, 0.1) is 11.9 Å². The van der Waals surface area contributed by atoms with Crippen LogP contribution in [0, 0.1) is 18.8 Å². The Hall–Kier alpha value is -1.05. The first kappa shape index (κ1) is 8.54. The van der Waals surface area contributed by atoms with Crippen molar-refractivity contribution in [3.05, 3.63) is 24.0 Å². The monoisotopic (exact) mass is 176 g/mol. The Labute approximate surface area is 79.4 Å². The number of rotatable bonds is 3. The van der Waals surface area contributed by atoms with Gasteiger partial charge in [-0.15, -0.1) is 0 Å². The van der Waals surface area contributed by atoms with Crippen LogP contribution in [0.4, 0.5) is 5.69 Å². The molecule has 2 atom stereocenters. The fraction of sp³-hybridized carbons (Fsp3) is 0.545. The Balaban J connectivity index is 1.90. The van der Waals surface area contributed by atoms with Gasteiger partial charge in [-0.25, -0.2) is 0 Å². The van der Waals surface area contributed by atoms with Crippen LogP contribution in [0.1, 0.15) is 18.9 Å². The molecule has 0 aliphatic heterocycles. The highest BCUT2D eigenvalue weighted by Gasteiger charge is 2.31. The van der Waals surface area contributed by atoms with Crippen molar-refractivity contribution in [1.82, 2.24) is 4.98 Å². The largest absolute Gasteiger partial charge is 0.383 e. The van der Waals surface area contributed by atoms with Crippen molar-refractivity contribution in [2.75, 3.05) is 11.9 Å². The Morgan fingerprint density at radius 2 is 2.38 bits per heavy atom. The summed E-state index contributed by atoms with van der Waals surface area (Å²) in [4.78, 5) is 4.10. The molecule has 0 aromatic carbocycles. The van der Waals surface area contributed by atoms with E-state index >= 15 is 0 Å². The molecule has 0 spiro atoms. The molecule has 1 N–H and O–H groups in total. The number of hydrogen-bond donors (Lipinski definition) is 1. The Morgan fingerprint density at radius 1 is 1.62 bits per heavy atom. The van der Waals surface area contributed by atoms with Crippen LogP contribution < -0.4 is 5.32 Å². The van der Waals surface area contributed by atoms with Crippen molar-refractivity contribution in [3.8, 4) is 0 Å². The van der Waals surface area contributed by atoms with Gasteiger partial charge in [-0.2, -0.15) is 0 Å². The first-order valence-corrected chi connectivity index (χ1v) is 4.92. The molecule has 13 heavy (non-hydrogen) atoms. The van der Waals surface area contributed by atoms with Crippen molar-refractivity contribution in [1.29, 1.82) is 0 Å². The number of nitrogens with one attached hydrogen (secondary N) is 1. The lowest BCUT2D eigenvalue weighted by Crippen LogP contribution is -2.05. The van der Waals surface area contributed by atoms with E-state index in [9.17, 15) is 0 Å². The zero-order valence-corrected chi connectivity index (χ0v) is 8.25. The van der Waals surface area contributed by atoms with E-state index in [1.807, 2.05) is 18.5 Å². The summed E-state index contributed by atoms with van der Waals surface area (Å²) in [5.41, 5.74) is 2.46. The standard InChI is InChI=1S/C11H16N2/c1-8-3-4-12-7-11(8)13-6-10-5-9(10)2/h3-4,7,9-10,13H,5-6H2,1-2H3. The van der Waals surface area contributed by atoms with Crippen LogP contribution in [0.15, 0.2) is 18.5 Å². The van der Waals surface area contributed by atoms with Crippen molar-refractivity contribution in [2.24, 2.45) is 11.8 Å². The molecule has 0 bridgehead atoms. The average molecular weight is 176 g/mol. The number of aromatic nitrogens is 1. The van der Waals surface area contributed by atoms with Gasteiger partial charge in [-0.05, 0) is 36.8 Å². The van der Waals surface area contributed by atoms with E-state index in [-0.39, 0.29) is 0 Å². The van der Waals surface area contributed by atoms with Crippen molar-refractivity contribution in [3.63, 3.8) is 0 Å². The molecule has 2 heteroatoms. The van der Waals surface area contributed by atoms with Gasteiger partial charge in [0, 0.05) is 12.7 Å². The molecular formula is C11H16N2. The van der Waals surface area contributed by atoms with Gasteiger partial charge in [0.25, 0.3) is 0 Å². The van der Waals surface area contributed by atoms with Crippen molar-refractivity contribution < 1.29 is 0 Å². The van der Waals surface area contributed by atoms with E-state index < -0.39 is 0 Å². The molecule has 2 nitrogen and oxygen atoms in total. The van der Waals surface area contributed by atoms with Gasteiger partial charge in [0.2, 0.25) is 0 Å². The van der Waals surface area contributed by atoms with Crippen molar-refractivity contribution >= 4 is 5.69 Å². The fourth-order valence-electron chi connectivity index (χ4n) is 1.57. The first-order chi connectivity index (χ1) is 6.27. The summed E-state index contributed by atoms with van der Waals surface area (Å²) in [7, 11) is 0. The van der Waals surface area contributed by atoms with E-state index in [0.717, 1.165) is 18.4 Å². The summed E-state index contributed by atoms with van der Waals surface area (Å²) in [5, 5.41) is 3.44. The topological polar surface area (TPSA) is 24.9 Å². The molecule has 1 fully saturated rings. The highest BCUT2D eigenvalue weighted by molar-refractivity contribution is 5.47. The van der Waals surface area contributed by atoms with E-state index in [0.29, 0.717) is 0 Å². The maximum atomic E-state index is 4.10. The highest BCUT2D eigenvalue weighted by atomic mass is 14.9. The lowest BCUT2D eigenvalue weighted by molar-refractivity contribution is 0.786. The molecular weight excluding hydrogens is 160 g/mol. The Kier molecular flexibility index (Phi) is 2.21. The number of aryl methyl sites for hydroxylation is 1.